The van der Waals surface area contributed by atoms with Crippen molar-refractivity contribution in [1.29, 1.82) is 0 Å². The fraction of sp³-hybridized carbons (Fsp3) is 0.375. The third kappa shape index (κ3) is 3.20. The number of aryl methyl sites for hydroxylation is 1. The summed E-state index contributed by atoms with van der Waals surface area (Å²) >= 11 is 1.66. The molecule has 3 aromatic rings. The van der Waals surface area contributed by atoms with Gasteiger partial charge in [-0.05, 0) is 13.0 Å². The zero-order chi connectivity index (χ0) is 17.2. The number of rotatable bonds is 5. The molecule has 9 heteroatoms. The molecule has 1 aliphatic heterocycles. The van der Waals surface area contributed by atoms with Gasteiger partial charge in [0, 0.05) is 37.7 Å². The lowest BCUT2D eigenvalue weighted by Crippen LogP contribution is -2.29. The number of nitrogens with zero attached hydrogens (tertiary/aromatic N) is 5. The van der Waals surface area contributed by atoms with Crippen LogP contribution in [0.25, 0.3) is 11.3 Å². The lowest BCUT2D eigenvalue weighted by atomic mass is 10.2. The smallest absolute Gasteiger partial charge is 0.189 e. The molecule has 3 aromatic heterocycles. The van der Waals surface area contributed by atoms with E-state index >= 15 is 0 Å². The maximum absolute atomic E-state index is 5.22. The molecular formula is C16H19N7OS. The Morgan fingerprint density at radius 3 is 3.16 bits per heavy atom. The number of methoxy groups -OCH3 is 1. The molecule has 0 atom stereocenters. The van der Waals surface area contributed by atoms with Crippen LogP contribution in [0.4, 0.5) is 16.8 Å². The van der Waals surface area contributed by atoms with Crippen molar-refractivity contribution >= 4 is 28.1 Å². The van der Waals surface area contributed by atoms with Crippen LogP contribution in [0.3, 0.4) is 0 Å². The fourth-order valence-electron chi connectivity index (χ4n) is 2.89. The molecule has 0 bridgehead atoms. The van der Waals surface area contributed by atoms with Gasteiger partial charge in [-0.1, -0.05) is 0 Å². The van der Waals surface area contributed by atoms with Crippen molar-refractivity contribution in [2.45, 2.75) is 13.3 Å². The number of hydrogen-bond donors (Lipinski definition) is 2. The Morgan fingerprint density at radius 2 is 2.32 bits per heavy atom. The van der Waals surface area contributed by atoms with Gasteiger partial charge in [0.25, 0.3) is 0 Å². The second-order valence-corrected chi connectivity index (χ2v) is 6.85. The molecule has 0 aromatic carbocycles. The molecule has 8 nitrogen and oxygen atoms in total. The molecule has 0 saturated carbocycles. The highest BCUT2D eigenvalue weighted by molar-refractivity contribution is 7.16. The zero-order valence-corrected chi connectivity index (χ0v) is 14.9. The van der Waals surface area contributed by atoms with Crippen LogP contribution in [0.15, 0.2) is 18.5 Å². The van der Waals surface area contributed by atoms with E-state index in [1.165, 1.54) is 4.88 Å². The monoisotopic (exact) mass is 357 g/mol. The number of hydrogen-bond acceptors (Lipinski definition) is 8. The van der Waals surface area contributed by atoms with Crippen molar-refractivity contribution in [3.8, 4) is 11.3 Å². The second-order valence-electron chi connectivity index (χ2n) is 5.77. The van der Waals surface area contributed by atoms with Crippen molar-refractivity contribution in [2.24, 2.45) is 0 Å². The van der Waals surface area contributed by atoms with Gasteiger partial charge in [0.05, 0.1) is 24.1 Å². The van der Waals surface area contributed by atoms with Gasteiger partial charge in [-0.25, -0.2) is 15.0 Å². The van der Waals surface area contributed by atoms with Crippen LogP contribution in [0.2, 0.25) is 0 Å². The molecule has 0 spiro atoms. The van der Waals surface area contributed by atoms with Gasteiger partial charge in [0.15, 0.2) is 5.13 Å². The summed E-state index contributed by atoms with van der Waals surface area (Å²) in [5.74, 6) is 2.49. The number of thiazole rings is 1. The first-order valence-electron chi connectivity index (χ1n) is 8.08. The maximum atomic E-state index is 5.22. The first-order valence-corrected chi connectivity index (χ1v) is 8.90. The Morgan fingerprint density at radius 1 is 1.40 bits per heavy atom. The molecule has 4 rings (SSSR count). The van der Waals surface area contributed by atoms with E-state index in [-0.39, 0.29) is 0 Å². The minimum atomic E-state index is 0.680. The van der Waals surface area contributed by atoms with E-state index in [1.807, 2.05) is 19.2 Å². The molecular weight excluding hydrogens is 338 g/mol. The largest absolute Gasteiger partial charge is 0.383 e. The van der Waals surface area contributed by atoms with Gasteiger partial charge in [0.1, 0.15) is 17.5 Å². The van der Waals surface area contributed by atoms with Crippen LogP contribution < -0.4 is 10.2 Å². The van der Waals surface area contributed by atoms with Gasteiger partial charge in [-0.2, -0.15) is 5.10 Å². The molecule has 130 valence electrons. The quantitative estimate of drug-likeness (QED) is 0.724. The minimum Gasteiger partial charge on any atom is -0.383 e. The number of nitrogens with one attached hydrogen (secondary N) is 2. The Bertz CT molecular complexity index is 875. The van der Waals surface area contributed by atoms with E-state index < -0.39 is 0 Å². The topological polar surface area (TPSA) is 91.8 Å². The van der Waals surface area contributed by atoms with Gasteiger partial charge < -0.3 is 15.0 Å². The average Bonchev–Trinajstić information content (AvgIpc) is 3.19. The number of aromatic nitrogens is 5. The highest BCUT2D eigenvalue weighted by atomic mass is 32.1. The number of H-pyrrole nitrogens is 1. The average molecular weight is 357 g/mol. The summed E-state index contributed by atoms with van der Waals surface area (Å²) in [7, 11) is 1.72. The summed E-state index contributed by atoms with van der Waals surface area (Å²) in [6.45, 7) is 4.28. The Labute approximate surface area is 149 Å². The summed E-state index contributed by atoms with van der Waals surface area (Å²) in [5, 5.41) is 11.4. The van der Waals surface area contributed by atoms with Crippen LogP contribution in [0.1, 0.15) is 10.7 Å². The lowest BCUT2D eigenvalue weighted by molar-refractivity contribution is 0.205. The summed E-state index contributed by atoms with van der Waals surface area (Å²) in [5.41, 5.74) is 2.02. The van der Waals surface area contributed by atoms with Gasteiger partial charge >= 0.3 is 0 Å². The van der Waals surface area contributed by atoms with E-state index in [2.05, 4.69) is 30.4 Å². The standard InChI is InChI=1S/C16H19N7OS/c1-10-17-5-3-13(19-10)20-16-21-14-11-9-18-22-15(11)23(7-8-24-2)6-4-12(14)25-16/h3,5,9H,4,6-8H2,1-2H3,(H,18,22)(H,17,19,20,21). The zero-order valence-electron chi connectivity index (χ0n) is 14.1. The number of fused-ring (bicyclic) bond motifs is 3. The van der Waals surface area contributed by atoms with Crippen LogP contribution in [0.5, 0.6) is 0 Å². The third-order valence-corrected chi connectivity index (χ3v) is 5.10. The van der Waals surface area contributed by atoms with Gasteiger partial charge in [-0.15, -0.1) is 11.3 Å². The maximum Gasteiger partial charge on any atom is 0.189 e. The number of aromatic amines is 1. The first kappa shape index (κ1) is 16.0. The lowest BCUT2D eigenvalue weighted by Gasteiger charge is -2.21. The molecule has 25 heavy (non-hydrogen) atoms. The summed E-state index contributed by atoms with van der Waals surface area (Å²) in [6.07, 6.45) is 4.52. The molecule has 2 N–H and O–H groups in total. The molecule has 0 radical (unpaired) electrons. The number of ether oxygens (including phenoxy) is 1. The molecule has 4 heterocycles. The third-order valence-electron chi connectivity index (χ3n) is 4.07. The molecule has 0 saturated heterocycles. The second kappa shape index (κ2) is 6.77. The Kier molecular flexibility index (Phi) is 4.33. The number of anilines is 3. The molecule has 0 amide bonds. The van der Waals surface area contributed by atoms with Crippen molar-refractivity contribution in [2.75, 3.05) is 37.0 Å². The minimum absolute atomic E-state index is 0.680. The Balaban J connectivity index is 1.63. The molecule has 1 aliphatic rings. The van der Waals surface area contributed by atoms with Gasteiger partial charge in [0.2, 0.25) is 0 Å². The highest BCUT2D eigenvalue weighted by Crippen LogP contribution is 2.39. The van der Waals surface area contributed by atoms with Crippen molar-refractivity contribution in [1.82, 2.24) is 25.1 Å². The normalized spacial score (nSPS) is 13.3. The summed E-state index contributed by atoms with van der Waals surface area (Å²) in [4.78, 5) is 16.8. The van der Waals surface area contributed by atoms with Crippen LogP contribution >= 0.6 is 11.3 Å². The first-order chi connectivity index (χ1) is 12.2. The fourth-order valence-corrected chi connectivity index (χ4v) is 3.86. The van der Waals surface area contributed by atoms with Crippen molar-refractivity contribution < 1.29 is 4.74 Å². The summed E-state index contributed by atoms with van der Waals surface area (Å²) < 4.78 is 5.22. The molecule has 0 fully saturated rings. The van der Waals surface area contributed by atoms with Crippen molar-refractivity contribution in [3.05, 3.63) is 29.2 Å². The van der Waals surface area contributed by atoms with E-state index in [0.717, 1.165) is 53.4 Å². The predicted molar refractivity (Wildman–Crippen MR) is 97.5 cm³/mol. The summed E-state index contributed by atoms with van der Waals surface area (Å²) in [6, 6.07) is 1.84. The molecule has 0 aliphatic carbocycles. The van der Waals surface area contributed by atoms with Crippen LogP contribution in [-0.4, -0.2) is 52.0 Å². The SMILES string of the molecule is COCCN1CCc2sc(Nc3ccnc(C)n3)nc2-c2cn[nH]c21. The van der Waals surface area contributed by atoms with E-state index in [0.29, 0.717) is 6.61 Å². The Hall–Kier alpha value is -2.52. The highest BCUT2D eigenvalue weighted by Gasteiger charge is 2.25. The predicted octanol–water partition coefficient (Wildman–Crippen LogP) is 2.38. The van der Waals surface area contributed by atoms with E-state index in [1.54, 1.807) is 24.6 Å². The van der Waals surface area contributed by atoms with Crippen molar-refractivity contribution in [3.63, 3.8) is 0 Å². The van der Waals surface area contributed by atoms with Crippen LogP contribution in [-0.2, 0) is 11.2 Å². The van der Waals surface area contributed by atoms with Crippen LogP contribution in [0, 0.1) is 6.92 Å². The van der Waals surface area contributed by atoms with E-state index in [9.17, 15) is 0 Å². The van der Waals surface area contributed by atoms with E-state index in [4.69, 9.17) is 9.72 Å². The molecule has 0 unspecified atom stereocenters. The van der Waals surface area contributed by atoms with Gasteiger partial charge in [-0.3, -0.25) is 5.10 Å².